The molecule has 2 unspecified atom stereocenters. The molecule has 1 aliphatic rings. The van der Waals surface area contributed by atoms with Gasteiger partial charge in [0.2, 0.25) is 0 Å². The van der Waals surface area contributed by atoms with E-state index in [1.165, 1.54) is 5.56 Å². The van der Waals surface area contributed by atoms with Gasteiger partial charge in [0.25, 0.3) is 5.91 Å². The molecule has 6 heteroatoms. The number of ether oxygens (including phenoxy) is 1. The number of nitrogens with two attached hydrogens (primary N) is 1. The maximum absolute atomic E-state index is 12.5. The molecule has 0 radical (unpaired) electrons. The van der Waals surface area contributed by atoms with Crippen molar-refractivity contribution in [3.63, 3.8) is 0 Å². The monoisotopic (exact) mass is 381 g/mol. The maximum atomic E-state index is 12.5. The van der Waals surface area contributed by atoms with Gasteiger partial charge >= 0.3 is 6.03 Å². The van der Waals surface area contributed by atoms with E-state index in [0.29, 0.717) is 18.7 Å². The second kappa shape index (κ2) is 9.37. The lowest BCUT2D eigenvalue weighted by Gasteiger charge is -2.32. The summed E-state index contributed by atoms with van der Waals surface area (Å²) in [6.07, 6.45) is 2.04. The van der Waals surface area contributed by atoms with Crippen molar-refractivity contribution in [3.05, 3.63) is 70.8 Å². The number of hydrogen-bond acceptors (Lipinski definition) is 3. The Morgan fingerprint density at radius 1 is 1.07 bits per heavy atom. The predicted octanol–water partition coefficient (Wildman–Crippen LogP) is 3.06. The molecule has 2 atom stereocenters. The molecule has 2 aromatic rings. The van der Waals surface area contributed by atoms with Crippen LogP contribution in [-0.4, -0.2) is 25.1 Å². The number of hydrogen-bond donors (Lipinski definition) is 3. The minimum atomic E-state index is -0.570. The third kappa shape index (κ3) is 5.33. The fraction of sp³-hybridized carbons (Fsp3) is 0.364. The number of carbonyl (C=O) groups is 2. The van der Waals surface area contributed by atoms with Crippen LogP contribution in [0.3, 0.4) is 0 Å². The van der Waals surface area contributed by atoms with Gasteiger partial charge < -0.3 is 21.1 Å². The minimum absolute atomic E-state index is 0.0110. The quantitative estimate of drug-likeness (QED) is 0.718. The SMILES string of the molecule is Cc1ccc(C2OCCCC2CNC(=O)c2ccc(CNC(N)=O)cc2)cc1. The van der Waals surface area contributed by atoms with Crippen LogP contribution in [0.25, 0.3) is 0 Å². The highest BCUT2D eigenvalue weighted by Gasteiger charge is 2.27. The average molecular weight is 381 g/mol. The second-order valence-corrected chi connectivity index (χ2v) is 7.23. The largest absolute Gasteiger partial charge is 0.373 e. The summed E-state index contributed by atoms with van der Waals surface area (Å²) in [6.45, 7) is 3.74. The summed E-state index contributed by atoms with van der Waals surface area (Å²) in [5, 5.41) is 5.57. The van der Waals surface area contributed by atoms with Crippen LogP contribution >= 0.6 is 0 Å². The molecule has 28 heavy (non-hydrogen) atoms. The summed E-state index contributed by atoms with van der Waals surface area (Å²) in [5.74, 6) is 0.141. The fourth-order valence-electron chi connectivity index (χ4n) is 3.47. The number of benzene rings is 2. The van der Waals surface area contributed by atoms with Crippen LogP contribution in [0.5, 0.6) is 0 Å². The molecule has 0 spiro atoms. The highest BCUT2D eigenvalue weighted by atomic mass is 16.5. The van der Waals surface area contributed by atoms with E-state index in [-0.39, 0.29) is 17.9 Å². The van der Waals surface area contributed by atoms with E-state index in [0.717, 1.165) is 30.6 Å². The standard InChI is InChI=1S/C22H27N3O3/c1-15-4-8-17(9-5-15)20-19(3-2-12-28-20)14-24-21(26)18-10-6-16(7-11-18)13-25-22(23)27/h4-11,19-20H,2-3,12-14H2,1H3,(H,24,26)(H3,23,25,27). The van der Waals surface area contributed by atoms with Crippen molar-refractivity contribution < 1.29 is 14.3 Å². The normalized spacial score (nSPS) is 19.0. The molecule has 4 N–H and O–H groups in total. The molecule has 1 fully saturated rings. The van der Waals surface area contributed by atoms with Crippen molar-refractivity contribution >= 4 is 11.9 Å². The number of primary amides is 1. The van der Waals surface area contributed by atoms with Gasteiger partial charge in [-0.05, 0) is 43.0 Å². The highest BCUT2D eigenvalue weighted by Crippen LogP contribution is 2.33. The first-order valence-corrected chi connectivity index (χ1v) is 9.61. The van der Waals surface area contributed by atoms with E-state index >= 15 is 0 Å². The van der Waals surface area contributed by atoms with Gasteiger partial charge in [0.1, 0.15) is 0 Å². The van der Waals surface area contributed by atoms with E-state index in [2.05, 4.69) is 41.8 Å². The number of nitrogens with one attached hydrogen (secondary N) is 2. The Hall–Kier alpha value is -2.86. The third-order valence-corrected chi connectivity index (χ3v) is 5.06. The van der Waals surface area contributed by atoms with E-state index in [1.54, 1.807) is 12.1 Å². The lowest BCUT2D eigenvalue weighted by atomic mass is 9.89. The van der Waals surface area contributed by atoms with Crippen LogP contribution in [0.1, 0.15) is 46.0 Å². The van der Waals surface area contributed by atoms with E-state index in [4.69, 9.17) is 10.5 Å². The number of carbonyl (C=O) groups excluding carboxylic acids is 2. The number of rotatable bonds is 6. The van der Waals surface area contributed by atoms with Crippen LogP contribution in [0.2, 0.25) is 0 Å². The molecule has 148 valence electrons. The van der Waals surface area contributed by atoms with Gasteiger partial charge in [-0.3, -0.25) is 4.79 Å². The number of amides is 3. The van der Waals surface area contributed by atoms with Crippen molar-refractivity contribution in [2.75, 3.05) is 13.2 Å². The van der Waals surface area contributed by atoms with Gasteiger partial charge in [-0.1, -0.05) is 42.0 Å². The third-order valence-electron chi connectivity index (χ3n) is 5.06. The first-order valence-electron chi connectivity index (χ1n) is 9.61. The molecule has 0 aliphatic carbocycles. The zero-order valence-corrected chi connectivity index (χ0v) is 16.1. The Kier molecular flexibility index (Phi) is 6.66. The van der Waals surface area contributed by atoms with Gasteiger partial charge in [0.05, 0.1) is 6.10 Å². The highest BCUT2D eigenvalue weighted by molar-refractivity contribution is 5.94. The van der Waals surface area contributed by atoms with Gasteiger partial charge in [0, 0.05) is 31.2 Å². The maximum Gasteiger partial charge on any atom is 0.312 e. The molecule has 0 aromatic heterocycles. The second-order valence-electron chi connectivity index (χ2n) is 7.23. The van der Waals surface area contributed by atoms with E-state index in [1.807, 2.05) is 12.1 Å². The Balaban J connectivity index is 1.57. The fourth-order valence-corrected chi connectivity index (χ4v) is 3.47. The molecule has 3 rings (SSSR count). The van der Waals surface area contributed by atoms with Crippen molar-refractivity contribution in [3.8, 4) is 0 Å². The van der Waals surface area contributed by atoms with Gasteiger partial charge in [-0.15, -0.1) is 0 Å². The van der Waals surface area contributed by atoms with Crippen LogP contribution < -0.4 is 16.4 Å². The Morgan fingerprint density at radius 3 is 2.46 bits per heavy atom. The molecule has 3 amide bonds. The van der Waals surface area contributed by atoms with Crippen molar-refractivity contribution in [2.24, 2.45) is 11.7 Å². The minimum Gasteiger partial charge on any atom is -0.373 e. The smallest absolute Gasteiger partial charge is 0.312 e. The summed E-state index contributed by atoms with van der Waals surface area (Å²) in [7, 11) is 0. The van der Waals surface area contributed by atoms with Crippen LogP contribution in [0, 0.1) is 12.8 Å². The summed E-state index contributed by atoms with van der Waals surface area (Å²) in [6, 6.07) is 15.0. The van der Waals surface area contributed by atoms with Gasteiger partial charge in [-0.2, -0.15) is 0 Å². The van der Waals surface area contributed by atoms with Crippen LogP contribution in [-0.2, 0) is 11.3 Å². The molecule has 2 aromatic carbocycles. The zero-order valence-electron chi connectivity index (χ0n) is 16.1. The van der Waals surface area contributed by atoms with Gasteiger partial charge in [-0.25, -0.2) is 4.79 Å². The molecular weight excluding hydrogens is 354 g/mol. The molecule has 1 heterocycles. The lowest BCUT2D eigenvalue weighted by Crippen LogP contribution is -2.35. The van der Waals surface area contributed by atoms with Crippen LogP contribution in [0.15, 0.2) is 48.5 Å². The van der Waals surface area contributed by atoms with E-state index in [9.17, 15) is 9.59 Å². The topological polar surface area (TPSA) is 93.4 Å². The summed E-state index contributed by atoms with van der Waals surface area (Å²) < 4.78 is 6.02. The molecule has 0 bridgehead atoms. The molecule has 1 aliphatic heterocycles. The number of aryl methyl sites for hydroxylation is 1. The molecular formula is C22H27N3O3. The molecule has 0 saturated carbocycles. The zero-order chi connectivity index (χ0) is 19.9. The van der Waals surface area contributed by atoms with E-state index < -0.39 is 6.03 Å². The predicted molar refractivity (Wildman–Crippen MR) is 108 cm³/mol. The Morgan fingerprint density at radius 2 is 1.79 bits per heavy atom. The summed E-state index contributed by atoms with van der Waals surface area (Å²) in [4.78, 5) is 23.3. The molecule has 6 nitrogen and oxygen atoms in total. The average Bonchev–Trinajstić information content (AvgIpc) is 2.72. The van der Waals surface area contributed by atoms with Crippen molar-refractivity contribution in [2.45, 2.75) is 32.4 Å². The lowest BCUT2D eigenvalue weighted by molar-refractivity contribution is -0.0272. The first-order chi connectivity index (χ1) is 13.5. The molecule has 1 saturated heterocycles. The van der Waals surface area contributed by atoms with Crippen molar-refractivity contribution in [1.29, 1.82) is 0 Å². The summed E-state index contributed by atoms with van der Waals surface area (Å²) >= 11 is 0. The van der Waals surface area contributed by atoms with Gasteiger partial charge in [0.15, 0.2) is 0 Å². The van der Waals surface area contributed by atoms with Crippen molar-refractivity contribution in [1.82, 2.24) is 10.6 Å². The number of urea groups is 1. The first kappa shape index (κ1) is 19.9. The summed E-state index contributed by atoms with van der Waals surface area (Å²) in [5.41, 5.74) is 8.92. The Bertz CT molecular complexity index is 803. The Labute approximate surface area is 165 Å². The van der Waals surface area contributed by atoms with Crippen LogP contribution in [0.4, 0.5) is 4.79 Å².